The number of fused-ring (bicyclic) bond motifs is 1. The average molecular weight is 407 g/mol. The van der Waals surface area contributed by atoms with Crippen molar-refractivity contribution in [3.05, 3.63) is 62.9 Å². The van der Waals surface area contributed by atoms with Gasteiger partial charge >= 0.3 is 5.97 Å². The number of cyclic esters (lactones) is 1. The molecule has 26 heavy (non-hydrogen) atoms. The van der Waals surface area contributed by atoms with Crippen LogP contribution in [0.15, 0.2) is 52.4 Å². The van der Waals surface area contributed by atoms with Crippen LogP contribution in [0.5, 0.6) is 0 Å². The van der Waals surface area contributed by atoms with E-state index in [2.05, 4.69) is 4.98 Å². The molecule has 0 aliphatic carbocycles. The zero-order chi connectivity index (χ0) is 18.3. The molecule has 1 fully saturated rings. The summed E-state index contributed by atoms with van der Waals surface area (Å²) in [5.41, 5.74) is 0.877. The molecule has 4 rings (SSSR count). The molecule has 2 aromatic carbocycles. The molecular formula is C18H12Cl2N2O3S. The van der Waals surface area contributed by atoms with Gasteiger partial charge in [-0.25, -0.2) is 4.98 Å². The van der Waals surface area contributed by atoms with E-state index in [0.717, 1.165) is 0 Å². The van der Waals surface area contributed by atoms with E-state index in [1.54, 1.807) is 36.4 Å². The summed E-state index contributed by atoms with van der Waals surface area (Å²) in [4.78, 5) is 29.6. The predicted molar refractivity (Wildman–Crippen MR) is 103 cm³/mol. The second-order valence-corrected chi connectivity index (χ2v) is 7.70. The summed E-state index contributed by atoms with van der Waals surface area (Å²) in [6.07, 6.45) is 0.577. The molecule has 0 saturated carbocycles. The van der Waals surface area contributed by atoms with E-state index in [0.29, 0.717) is 44.8 Å². The van der Waals surface area contributed by atoms with Crippen LogP contribution in [0.25, 0.3) is 16.6 Å². The van der Waals surface area contributed by atoms with E-state index in [1.165, 1.54) is 16.3 Å². The number of carbonyl (C=O) groups excluding carboxylic acids is 1. The topological polar surface area (TPSA) is 61.2 Å². The summed E-state index contributed by atoms with van der Waals surface area (Å²) >= 11 is 13.4. The molecular weight excluding hydrogens is 395 g/mol. The number of esters is 1. The van der Waals surface area contributed by atoms with Crippen LogP contribution in [-0.2, 0) is 9.53 Å². The number of aromatic nitrogens is 2. The Morgan fingerprint density at radius 3 is 2.65 bits per heavy atom. The van der Waals surface area contributed by atoms with E-state index in [4.69, 9.17) is 27.9 Å². The summed E-state index contributed by atoms with van der Waals surface area (Å²) in [6.45, 7) is 0.376. The standard InChI is InChI=1S/C18H12Cl2N2O3S/c19-12-6-5-10(9-13(12)20)22-16(23)11-3-1-2-4-14(11)21-18(22)26-15-7-8-25-17(15)24/h1-6,9,15H,7-8H2/t15-/m0/s1. The van der Waals surface area contributed by atoms with Crippen LogP contribution in [0.4, 0.5) is 0 Å². The van der Waals surface area contributed by atoms with Gasteiger partial charge in [-0.1, -0.05) is 47.1 Å². The number of thioether (sulfide) groups is 1. The lowest BCUT2D eigenvalue weighted by atomic mass is 10.2. The van der Waals surface area contributed by atoms with Crippen LogP contribution >= 0.6 is 35.0 Å². The number of hydrogen-bond acceptors (Lipinski definition) is 5. The first-order chi connectivity index (χ1) is 12.5. The first-order valence-electron chi connectivity index (χ1n) is 7.85. The summed E-state index contributed by atoms with van der Waals surface area (Å²) < 4.78 is 6.48. The van der Waals surface area contributed by atoms with Gasteiger partial charge in [-0.3, -0.25) is 14.2 Å². The Morgan fingerprint density at radius 2 is 1.92 bits per heavy atom. The van der Waals surface area contributed by atoms with Crippen LogP contribution in [0.1, 0.15) is 6.42 Å². The molecule has 2 heterocycles. The number of para-hydroxylation sites is 1. The minimum atomic E-state index is -0.392. The van der Waals surface area contributed by atoms with Crippen molar-refractivity contribution in [2.75, 3.05) is 6.61 Å². The van der Waals surface area contributed by atoms with Crippen LogP contribution in [0.3, 0.4) is 0 Å². The maximum Gasteiger partial charge on any atom is 0.319 e. The van der Waals surface area contributed by atoms with E-state index < -0.39 is 5.25 Å². The Morgan fingerprint density at radius 1 is 1.12 bits per heavy atom. The maximum atomic E-state index is 13.1. The van der Waals surface area contributed by atoms with Gasteiger partial charge in [-0.05, 0) is 30.3 Å². The molecule has 1 atom stereocenters. The van der Waals surface area contributed by atoms with Crippen molar-refractivity contribution >= 4 is 51.8 Å². The molecule has 5 nitrogen and oxygen atoms in total. The number of benzene rings is 2. The van der Waals surface area contributed by atoms with Crippen molar-refractivity contribution < 1.29 is 9.53 Å². The third-order valence-corrected chi connectivity index (χ3v) is 5.98. The van der Waals surface area contributed by atoms with Crippen LogP contribution < -0.4 is 5.56 Å². The summed E-state index contributed by atoms with van der Waals surface area (Å²) in [5.74, 6) is -0.293. The molecule has 0 N–H and O–H groups in total. The van der Waals surface area contributed by atoms with Gasteiger partial charge in [0.05, 0.1) is 33.2 Å². The molecule has 3 aromatic rings. The van der Waals surface area contributed by atoms with Gasteiger partial charge in [0.1, 0.15) is 5.25 Å². The Kier molecular flexibility index (Phi) is 4.65. The Labute approximate surface area is 162 Å². The first kappa shape index (κ1) is 17.4. The van der Waals surface area contributed by atoms with Gasteiger partial charge in [-0.15, -0.1) is 0 Å². The second kappa shape index (κ2) is 6.95. The number of nitrogens with zero attached hydrogens (tertiary/aromatic N) is 2. The molecule has 1 aliphatic heterocycles. The second-order valence-electron chi connectivity index (χ2n) is 5.71. The zero-order valence-electron chi connectivity index (χ0n) is 13.3. The molecule has 1 aromatic heterocycles. The van der Waals surface area contributed by atoms with Crippen LogP contribution in [0, 0.1) is 0 Å². The molecule has 0 bridgehead atoms. The van der Waals surface area contributed by atoms with E-state index in [9.17, 15) is 9.59 Å². The lowest BCUT2D eigenvalue weighted by Crippen LogP contribution is -2.23. The SMILES string of the molecule is O=C1OCC[C@@H]1Sc1nc2ccccc2c(=O)n1-c1ccc(Cl)c(Cl)c1. The fourth-order valence-electron chi connectivity index (χ4n) is 2.75. The van der Waals surface area contributed by atoms with Gasteiger partial charge in [0, 0.05) is 6.42 Å². The van der Waals surface area contributed by atoms with Gasteiger partial charge in [0.15, 0.2) is 5.16 Å². The highest BCUT2D eigenvalue weighted by Crippen LogP contribution is 2.31. The van der Waals surface area contributed by atoms with Crippen molar-refractivity contribution in [1.29, 1.82) is 0 Å². The number of ether oxygens (including phenoxy) is 1. The molecule has 0 spiro atoms. The number of hydrogen-bond donors (Lipinski definition) is 0. The summed E-state index contributed by atoms with van der Waals surface area (Å²) in [6, 6.07) is 12.0. The Hall–Kier alpha value is -2.02. The number of rotatable bonds is 3. The smallest absolute Gasteiger partial charge is 0.319 e. The molecule has 0 unspecified atom stereocenters. The van der Waals surface area contributed by atoms with Crippen LogP contribution in [-0.4, -0.2) is 27.4 Å². The highest BCUT2D eigenvalue weighted by molar-refractivity contribution is 8.00. The maximum absolute atomic E-state index is 13.1. The largest absolute Gasteiger partial charge is 0.465 e. The van der Waals surface area contributed by atoms with Crippen LogP contribution in [0.2, 0.25) is 10.0 Å². The lowest BCUT2D eigenvalue weighted by Gasteiger charge is -2.15. The normalized spacial score (nSPS) is 16.8. The van der Waals surface area contributed by atoms with Crippen molar-refractivity contribution in [2.45, 2.75) is 16.8 Å². The third-order valence-electron chi connectivity index (χ3n) is 4.04. The minimum absolute atomic E-state index is 0.233. The molecule has 1 aliphatic rings. The Balaban J connectivity index is 1.94. The molecule has 8 heteroatoms. The monoisotopic (exact) mass is 406 g/mol. The highest BCUT2D eigenvalue weighted by Gasteiger charge is 2.29. The average Bonchev–Trinajstić information content (AvgIpc) is 3.03. The fraction of sp³-hybridized carbons (Fsp3) is 0.167. The van der Waals surface area contributed by atoms with Gasteiger partial charge in [-0.2, -0.15) is 0 Å². The molecule has 132 valence electrons. The highest BCUT2D eigenvalue weighted by atomic mass is 35.5. The van der Waals surface area contributed by atoms with Gasteiger partial charge < -0.3 is 4.74 Å². The van der Waals surface area contributed by atoms with E-state index in [1.807, 2.05) is 6.07 Å². The van der Waals surface area contributed by atoms with Crippen molar-refractivity contribution in [3.8, 4) is 5.69 Å². The van der Waals surface area contributed by atoms with E-state index >= 15 is 0 Å². The predicted octanol–water partition coefficient (Wildman–Crippen LogP) is 4.10. The summed E-state index contributed by atoms with van der Waals surface area (Å²) in [5, 5.41) is 1.23. The lowest BCUT2D eigenvalue weighted by molar-refractivity contribution is -0.137. The van der Waals surface area contributed by atoms with Gasteiger partial charge in [0.2, 0.25) is 0 Å². The minimum Gasteiger partial charge on any atom is -0.465 e. The molecule has 0 amide bonds. The van der Waals surface area contributed by atoms with Crippen molar-refractivity contribution in [2.24, 2.45) is 0 Å². The van der Waals surface area contributed by atoms with Crippen molar-refractivity contribution in [3.63, 3.8) is 0 Å². The quantitative estimate of drug-likeness (QED) is 0.483. The number of halogens is 2. The molecule has 1 saturated heterocycles. The Bertz CT molecular complexity index is 1080. The summed E-state index contributed by atoms with van der Waals surface area (Å²) in [7, 11) is 0. The first-order valence-corrected chi connectivity index (χ1v) is 9.48. The zero-order valence-corrected chi connectivity index (χ0v) is 15.6. The van der Waals surface area contributed by atoms with E-state index in [-0.39, 0.29) is 11.5 Å². The molecule has 0 radical (unpaired) electrons. The number of carbonyl (C=O) groups is 1. The van der Waals surface area contributed by atoms with Gasteiger partial charge in [0.25, 0.3) is 5.56 Å². The third kappa shape index (κ3) is 3.09. The van der Waals surface area contributed by atoms with Crippen molar-refractivity contribution in [1.82, 2.24) is 9.55 Å². The fourth-order valence-corrected chi connectivity index (χ4v) is 4.12.